The number of ether oxygens (including phenoxy) is 1. The number of carbonyl (C=O) groups excluding carboxylic acids is 1. The van der Waals surface area contributed by atoms with Crippen LogP contribution >= 0.6 is 22.9 Å². The lowest BCUT2D eigenvalue weighted by atomic mass is 9.85. The van der Waals surface area contributed by atoms with Crippen LogP contribution in [0.1, 0.15) is 36.0 Å². The topological polar surface area (TPSA) is 26.3 Å². The summed E-state index contributed by atoms with van der Waals surface area (Å²) in [4.78, 5) is 13.2. The molecule has 0 bridgehead atoms. The zero-order chi connectivity index (χ0) is 12.7. The summed E-state index contributed by atoms with van der Waals surface area (Å²) >= 11 is 7.39. The summed E-state index contributed by atoms with van der Waals surface area (Å²) < 4.78 is 6.43. The second-order valence-corrected chi connectivity index (χ2v) is 6.52. The van der Waals surface area contributed by atoms with Crippen molar-refractivity contribution in [2.24, 2.45) is 11.8 Å². The van der Waals surface area contributed by atoms with E-state index in [1.54, 1.807) is 0 Å². The van der Waals surface area contributed by atoms with Gasteiger partial charge in [0, 0.05) is 0 Å². The van der Waals surface area contributed by atoms with E-state index in [-0.39, 0.29) is 29.8 Å². The van der Waals surface area contributed by atoms with Crippen LogP contribution in [0.4, 0.5) is 0 Å². The van der Waals surface area contributed by atoms with E-state index in [1.165, 1.54) is 11.3 Å². The van der Waals surface area contributed by atoms with E-state index in [0.717, 1.165) is 10.4 Å². The summed E-state index contributed by atoms with van der Waals surface area (Å²) in [5.41, 5.74) is 0.979. The molecule has 4 atom stereocenters. The Labute approximate surface area is 111 Å². The van der Waals surface area contributed by atoms with E-state index >= 15 is 0 Å². The van der Waals surface area contributed by atoms with Crippen LogP contribution in [0, 0.1) is 18.8 Å². The van der Waals surface area contributed by atoms with E-state index in [2.05, 4.69) is 6.92 Å². The molecule has 2 heterocycles. The van der Waals surface area contributed by atoms with Crippen molar-refractivity contribution in [1.82, 2.24) is 0 Å². The number of ketones is 1. The van der Waals surface area contributed by atoms with Gasteiger partial charge in [0.1, 0.15) is 0 Å². The summed E-state index contributed by atoms with van der Waals surface area (Å²) in [7, 11) is 0. The zero-order valence-corrected chi connectivity index (χ0v) is 12.1. The molecule has 17 heavy (non-hydrogen) atoms. The van der Waals surface area contributed by atoms with Crippen molar-refractivity contribution in [3.05, 3.63) is 20.8 Å². The maximum Gasteiger partial charge on any atom is 0.178 e. The number of aryl methyl sites for hydroxylation is 1. The van der Waals surface area contributed by atoms with E-state index in [9.17, 15) is 4.79 Å². The van der Waals surface area contributed by atoms with Crippen LogP contribution < -0.4 is 0 Å². The summed E-state index contributed by atoms with van der Waals surface area (Å²) in [6.07, 6.45) is 0.143. The van der Waals surface area contributed by atoms with Crippen molar-refractivity contribution in [3.63, 3.8) is 0 Å². The number of halogens is 1. The van der Waals surface area contributed by atoms with Crippen molar-refractivity contribution in [2.75, 3.05) is 0 Å². The van der Waals surface area contributed by atoms with Gasteiger partial charge in [-0.2, -0.15) is 0 Å². The number of carbonyl (C=O) groups is 1. The summed E-state index contributed by atoms with van der Waals surface area (Å²) in [5, 5.41) is 0. The third kappa shape index (κ3) is 2.28. The maximum absolute atomic E-state index is 12.5. The lowest BCUT2D eigenvalue weighted by molar-refractivity contribution is 0.0492. The number of thiophene rings is 1. The molecule has 1 aliphatic rings. The highest BCUT2D eigenvalue weighted by atomic mass is 35.5. The first kappa shape index (κ1) is 13.1. The van der Waals surface area contributed by atoms with Gasteiger partial charge in [-0.25, -0.2) is 0 Å². The first-order chi connectivity index (χ1) is 7.91. The molecule has 0 radical (unpaired) electrons. The molecule has 0 aromatic carbocycles. The van der Waals surface area contributed by atoms with Crippen LogP contribution in [0.3, 0.4) is 0 Å². The molecule has 1 saturated heterocycles. The van der Waals surface area contributed by atoms with Crippen molar-refractivity contribution in [3.8, 4) is 0 Å². The van der Waals surface area contributed by atoms with Gasteiger partial charge >= 0.3 is 0 Å². The molecule has 2 nitrogen and oxygen atoms in total. The third-order valence-electron chi connectivity index (χ3n) is 3.64. The molecule has 4 heteroatoms. The average Bonchev–Trinajstić information content (AvgIpc) is 2.70. The van der Waals surface area contributed by atoms with Crippen LogP contribution in [0.15, 0.2) is 6.07 Å². The summed E-state index contributed by atoms with van der Waals surface area (Å²) in [6.45, 7) is 8.01. The number of hydrogen-bond acceptors (Lipinski definition) is 3. The Bertz CT molecular complexity index is 421. The molecule has 0 amide bonds. The van der Waals surface area contributed by atoms with E-state index in [0.29, 0.717) is 4.34 Å². The molecule has 4 unspecified atom stereocenters. The lowest BCUT2D eigenvalue weighted by Gasteiger charge is -2.15. The van der Waals surface area contributed by atoms with Crippen molar-refractivity contribution in [1.29, 1.82) is 0 Å². The van der Waals surface area contributed by atoms with Gasteiger partial charge in [-0.3, -0.25) is 4.79 Å². The molecular formula is C13H17ClO2S. The highest BCUT2D eigenvalue weighted by Crippen LogP contribution is 2.37. The molecule has 1 aromatic heterocycles. The molecular weight excluding hydrogens is 256 g/mol. The smallest absolute Gasteiger partial charge is 0.178 e. The van der Waals surface area contributed by atoms with Crippen molar-refractivity contribution < 1.29 is 9.53 Å². The Morgan fingerprint density at radius 3 is 2.41 bits per heavy atom. The first-order valence-electron chi connectivity index (χ1n) is 5.87. The lowest BCUT2D eigenvalue weighted by Crippen LogP contribution is -2.26. The Morgan fingerprint density at radius 1 is 1.35 bits per heavy atom. The van der Waals surface area contributed by atoms with Gasteiger partial charge in [-0.15, -0.1) is 11.3 Å². The Kier molecular flexibility index (Phi) is 3.62. The molecule has 0 spiro atoms. The molecule has 0 saturated carbocycles. The Morgan fingerprint density at radius 2 is 2.00 bits per heavy atom. The number of rotatable bonds is 2. The minimum Gasteiger partial charge on any atom is -0.374 e. The second-order valence-electron chi connectivity index (χ2n) is 4.86. The maximum atomic E-state index is 12.5. The van der Waals surface area contributed by atoms with Crippen LogP contribution in [-0.4, -0.2) is 18.0 Å². The SMILES string of the molecule is Cc1cc(C(=O)C2C(C)OC(C)C2C)sc1Cl. The molecule has 1 aromatic rings. The number of Topliss-reactive ketones (excluding diaryl/α,β-unsaturated/α-hetero) is 1. The molecule has 0 aliphatic carbocycles. The summed E-state index contributed by atoms with van der Waals surface area (Å²) in [5.74, 6) is 0.396. The third-order valence-corrected chi connectivity index (χ3v) is 5.21. The van der Waals surface area contributed by atoms with Gasteiger partial charge in [0.2, 0.25) is 0 Å². The summed E-state index contributed by atoms with van der Waals surface area (Å²) in [6, 6.07) is 1.89. The fourth-order valence-corrected chi connectivity index (χ4v) is 3.65. The fourth-order valence-electron chi connectivity index (χ4n) is 2.46. The van der Waals surface area contributed by atoms with Crippen LogP contribution in [0.5, 0.6) is 0 Å². The van der Waals surface area contributed by atoms with E-state index < -0.39 is 0 Å². The largest absolute Gasteiger partial charge is 0.374 e. The molecule has 1 fully saturated rings. The van der Waals surface area contributed by atoms with Crippen LogP contribution in [-0.2, 0) is 4.74 Å². The minimum absolute atomic E-state index is 0.00585. The van der Waals surface area contributed by atoms with Gasteiger partial charge < -0.3 is 4.74 Å². The van der Waals surface area contributed by atoms with E-state index in [1.807, 2.05) is 26.8 Å². The predicted molar refractivity (Wildman–Crippen MR) is 71.1 cm³/mol. The van der Waals surface area contributed by atoms with Crippen LogP contribution in [0.25, 0.3) is 0 Å². The highest BCUT2D eigenvalue weighted by molar-refractivity contribution is 7.18. The molecule has 94 valence electrons. The highest BCUT2D eigenvalue weighted by Gasteiger charge is 2.42. The number of hydrogen-bond donors (Lipinski definition) is 0. The standard InChI is InChI=1S/C13H17ClO2S/c1-6-5-10(17-13(6)14)12(15)11-7(2)8(3)16-9(11)4/h5,7-9,11H,1-4H3. The monoisotopic (exact) mass is 272 g/mol. The van der Waals surface area contributed by atoms with Gasteiger partial charge in [-0.05, 0) is 38.3 Å². The normalized spacial score (nSPS) is 33.0. The van der Waals surface area contributed by atoms with Gasteiger partial charge in [0.05, 0.1) is 27.3 Å². The van der Waals surface area contributed by atoms with E-state index in [4.69, 9.17) is 16.3 Å². The van der Waals surface area contributed by atoms with Gasteiger partial charge in [-0.1, -0.05) is 18.5 Å². The quantitative estimate of drug-likeness (QED) is 0.762. The Balaban J connectivity index is 2.26. The van der Waals surface area contributed by atoms with Crippen molar-refractivity contribution in [2.45, 2.75) is 39.9 Å². The average molecular weight is 273 g/mol. The van der Waals surface area contributed by atoms with Crippen molar-refractivity contribution >= 4 is 28.7 Å². The minimum atomic E-state index is -0.0425. The van der Waals surface area contributed by atoms with Gasteiger partial charge in [0.25, 0.3) is 0 Å². The first-order valence-corrected chi connectivity index (χ1v) is 7.07. The fraction of sp³-hybridized carbons (Fsp3) is 0.615. The molecule has 1 aliphatic heterocycles. The van der Waals surface area contributed by atoms with Gasteiger partial charge in [0.15, 0.2) is 5.78 Å². The van der Waals surface area contributed by atoms with Crippen LogP contribution in [0.2, 0.25) is 4.34 Å². The molecule has 0 N–H and O–H groups in total. The Hall–Kier alpha value is -0.380. The molecule has 2 rings (SSSR count). The predicted octanol–water partition coefficient (Wildman–Crippen LogP) is 3.95. The second kappa shape index (κ2) is 4.71. The zero-order valence-electron chi connectivity index (χ0n) is 10.5.